The maximum Gasteiger partial charge on any atom is 0.344 e. The molecule has 2 amide bonds. The highest BCUT2D eigenvalue weighted by molar-refractivity contribution is 8.03. The van der Waals surface area contributed by atoms with Crippen molar-refractivity contribution in [3.8, 4) is 0 Å². The quantitative estimate of drug-likeness (QED) is 0.425. The van der Waals surface area contributed by atoms with Gasteiger partial charge in [0.05, 0.1) is 15.6 Å². The van der Waals surface area contributed by atoms with E-state index in [0.717, 1.165) is 22.4 Å². The minimum atomic E-state index is -1.30. The van der Waals surface area contributed by atoms with Gasteiger partial charge in [-0.1, -0.05) is 82.5 Å². The molecule has 3 saturated heterocycles. The van der Waals surface area contributed by atoms with E-state index in [4.69, 9.17) is 28.0 Å². The van der Waals surface area contributed by atoms with Gasteiger partial charge < -0.3 is 10.2 Å². The number of oxime groups is 1. The number of likely N-dealkylation sites (N-methyl/N-ethyl adjacent to an activating group) is 1. The number of halogens is 2. The number of rotatable bonds is 2. The van der Waals surface area contributed by atoms with Crippen LogP contribution in [0.3, 0.4) is 0 Å². The fourth-order valence-corrected chi connectivity index (χ4v) is 10.4. The Bertz CT molecular complexity index is 1700. The summed E-state index contributed by atoms with van der Waals surface area (Å²) in [6.07, 6.45) is 0.690. The number of hydrogen-bond acceptors (Lipinski definition) is 7. The van der Waals surface area contributed by atoms with Crippen LogP contribution < -0.4 is 5.32 Å². The number of para-hydroxylation sites is 1. The van der Waals surface area contributed by atoms with Gasteiger partial charge in [0.2, 0.25) is 5.91 Å². The van der Waals surface area contributed by atoms with Crippen molar-refractivity contribution < 1.29 is 14.4 Å². The van der Waals surface area contributed by atoms with E-state index in [1.54, 1.807) is 23.1 Å². The number of amides is 2. The molecule has 1 N–H and O–H groups in total. The number of hydrogen-bond donors (Lipinski definition) is 1. The molecular formula is C31H27Cl2N5O3S. The Kier molecular flexibility index (Phi) is 5.59. The molecule has 11 heteroatoms. The van der Waals surface area contributed by atoms with Gasteiger partial charge in [0, 0.05) is 36.8 Å². The molecule has 0 saturated carbocycles. The highest BCUT2D eigenvalue weighted by Gasteiger charge is 2.83. The largest absolute Gasteiger partial charge is 0.344 e. The Morgan fingerprint density at radius 3 is 2.45 bits per heavy atom. The summed E-state index contributed by atoms with van der Waals surface area (Å²) in [5.41, 5.74) is 2.91. The lowest BCUT2D eigenvalue weighted by Gasteiger charge is -2.43. The maximum atomic E-state index is 15.3. The average molecular weight is 621 g/mol. The van der Waals surface area contributed by atoms with Crippen molar-refractivity contribution in [2.24, 2.45) is 5.16 Å². The van der Waals surface area contributed by atoms with Crippen molar-refractivity contribution in [2.75, 3.05) is 32.0 Å². The number of aryl methyl sites for hydroxylation is 1. The van der Waals surface area contributed by atoms with Gasteiger partial charge in [-0.05, 0) is 55.9 Å². The number of nitrogens with zero attached hydrogens (tertiary/aromatic N) is 4. The van der Waals surface area contributed by atoms with E-state index in [0.29, 0.717) is 47.5 Å². The molecule has 3 aromatic carbocycles. The van der Waals surface area contributed by atoms with Gasteiger partial charge in [-0.2, -0.15) is 0 Å². The minimum Gasteiger partial charge on any atom is -0.332 e. The van der Waals surface area contributed by atoms with Gasteiger partial charge in [0.1, 0.15) is 4.75 Å². The average Bonchev–Trinajstić information content (AvgIpc) is 3.65. The number of thioether (sulfide) groups is 1. The van der Waals surface area contributed by atoms with E-state index in [1.165, 1.54) is 11.8 Å². The lowest BCUT2D eigenvalue weighted by Crippen LogP contribution is -2.63. The fourth-order valence-electron chi connectivity index (χ4n) is 7.66. The summed E-state index contributed by atoms with van der Waals surface area (Å²) in [5.74, 6) is -0.189. The van der Waals surface area contributed by atoms with Crippen molar-refractivity contribution in [3.05, 3.63) is 99.0 Å². The summed E-state index contributed by atoms with van der Waals surface area (Å²) in [6.45, 7) is 3.58. The second-order valence-corrected chi connectivity index (χ2v) is 13.7. The van der Waals surface area contributed by atoms with Crippen molar-refractivity contribution in [2.45, 2.75) is 34.7 Å². The smallest absolute Gasteiger partial charge is 0.332 e. The van der Waals surface area contributed by atoms with E-state index in [9.17, 15) is 4.79 Å². The highest BCUT2D eigenvalue weighted by atomic mass is 35.5. The molecule has 5 aliphatic rings. The van der Waals surface area contributed by atoms with E-state index in [-0.39, 0.29) is 17.7 Å². The summed E-state index contributed by atoms with van der Waals surface area (Å²) in [6, 6.07) is 21.3. The van der Waals surface area contributed by atoms with Gasteiger partial charge in [-0.3, -0.25) is 24.3 Å². The Labute approximate surface area is 257 Å². The molecule has 0 aliphatic carbocycles. The third-order valence-electron chi connectivity index (χ3n) is 9.43. The van der Waals surface area contributed by atoms with Crippen molar-refractivity contribution in [1.29, 1.82) is 0 Å². The van der Waals surface area contributed by atoms with Gasteiger partial charge in [0.15, 0.2) is 11.4 Å². The Balaban J connectivity index is 1.36. The van der Waals surface area contributed by atoms with Gasteiger partial charge in [-0.15, -0.1) is 0 Å². The molecule has 0 bridgehead atoms. The molecule has 5 aliphatic heterocycles. The molecule has 0 aromatic heterocycles. The highest BCUT2D eigenvalue weighted by Crippen LogP contribution is 2.70. The number of fused-ring (bicyclic) bond motifs is 3. The molecule has 8 rings (SSSR count). The van der Waals surface area contributed by atoms with Crippen LogP contribution in [0.2, 0.25) is 10.0 Å². The van der Waals surface area contributed by atoms with E-state index in [1.807, 2.05) is 43.1 Å². The predicted octanol–water partition coefficient (Wildman–Crippen LogP) is 5.20. The molecule has 5 heterocycles. The topological polar surface area (TPSA) is 77.5 Å². The third-order valence-corrected chi connectivity index (χ3v) is 11.9. The Hall–Kier alpha value is -3.24. The standard InChI is InChI=1S/C31H27Cl2N5O3S/c1-18-11-13-19(14-12-18)21-17-36(2)29(20-7-3-4-10-24(20)34-27(29)39)30(21)28(40)38-16-6-15-37-26(35-41-31(37,38)42-30)25-22(32)8-5-9-23(25)33/h3-5,7-14,21H,6,15-17H2,1-2H3,(H,34,39). The molecule has 214 valence electrons. The van der Waals surface area contributed by atoms with Crippen molar-refractivity contribution in [1.82, 2.24) is 14.7 Å². The van der Waals surface area contributed by atoms with Crippen LogP contribution in [0.4, 0.5) is 5.69 Å². The lowest BCUT2D eigenvalue weighted by molar-refractivity contribution is -0.172. The van der Waals surface area contributed by atoms with Crippen LogP contribution in [0.5, 0.6) is 0 Å². The number of likely N-dealkylation sites (tertiary alicyclic amines) is 1. The van der Waals surface area contributed by atoms with Crippen molar-refractivity contribution >= 4 is 58.3 Å². The van der Waals surface area contributed by atoms with E-state index < -0.39 is 15.5 Å². The fraction of sp³-hybridized carbons (Fsp3) is 0.323. The number of nitrogens with one attached hydrogen (secondary N) is 1. The summed E-state index contributed by atoms with van der Waals surface area (Å²) < 4.78 is -1.27. The number of benzene rings is 3. The molecular weight excluding hydrogens is 593 g/mol. The second kappa shape index (κ2) is 8.89. The van der Waals surface area contributed by atoms with Crippen LogP contribution >= 0.6 is 35.0 Å². The number of amidine groups is 1. The molecule has 3 spiro atoms. The van der Waals surface area contributed by atoms with Crippen LogP contribution in [0, 0.1) is 6.92 Å². The van der Waals surface area contributed by atoms with Crippen LogP contribution in [0.1, 0.15) is 34.6 Å². The van der Waals surface area contributed by atoms with Gasteiger partial charge >= 0.3 is 5.18 Å². The summed E-state index contributed by atoms with van der Waals surface area (Å²) in [7, 11) is 1.94. The van der Waals surface area contributed by atoms with Crippen LogP contribution in [-0.2, 0) is 20.0 Å². The molecule has 4 atom stereocenters. The minimum absolute atomic E-state index is 0.138. The molecule has 8 nitrogen and oxygen atoms in total. The zero-order valence-electron chi connectivity index (χ0n) is 22.9. The Morgan fingerprint density at radius 1 is 0.976 bits per heavy atom. The number of carbonyl (C=O) groups excluding carboxylic acids is 2. The molecule has 4 unspecified atom stereocenters. The molecule has 0 radical (unpaired) electrons. The van der Waals surface area contributed by atoms with Crippen LogP contribution in [-0.4, -0.2) is 69.0 Å². The molecule has 3 aromatic rings. The van der Waals surface area contributed by atoms with Crippen molar-refractivity contribution in [3.63, 3.8) is 0 Å². The van der Waals surface area contributed by atoms with Crippen LogP contribution in [0.25, 0.3) is 0 Å². The summed E-state index contributed by atoms with van der Waals surface area (Å²) in [5, 5.41) is 7.26. The van der Waals surface area contributed by atoms with Gasteiger partial charge in [0.25, 0.3) is 5.91 Å². The first-order valence-corrected chi connectivity index (χ1v) is 15.5. The summed E-state index contributed by atoms with van der Waals surface area (Å²) >= 11 is 14.7. The second-order valence-electron chi connectivity index (χ2n) is 11.5. The first-order valence-electron chi connectivity index (χ1n) is 13.9. The molecule has 42 heavy (non-hydrogen) atoms. The zero-order chi connectivity index (χ0) is 29.0. The van der Waals surface area contributed by atoms with E-state index >= 15 is 4.79 Å². The monoisotopic (exact) mass is 619 g/mol. The summed E-state index contributed by atoms with van der Waals surface area (Å²) in [4.78, 5) is 41.9. The lowest BCUT2D eigenvalue weighted by atomic mass is 9.72. The first kappa shape index (κ1) is 26.4. The number of carbonyl (C=O) groups is 2. The SMILES string of the molecule is Cc1ccc(C2CN(C)C3(C(=O)Nc4ccccc43)C23SC24ON=C(c5c(Cl)cccc5Cl)N2CCCN4C3=O)cc1. The van der Waals surface area contributed by atoms with Gasteiger partial charge in [-0.25, -0.2) is 0 Å². The third kappa shape index (κ3) is 3.02. The molecule has 3 fully saturated rings. The maximum absolute atomic E-state index is 15.3. The Morgan fingerprint density at radius 2 is 1.69 bits per heavy atom. The number of anilines is 1. The van der Waals surface area contributed by atoms with E-state index in [2.05, 4.69) is 39.6 Å². The van der Waals surface area contributed by atoms with Crippen LogP contribution in [0.15, 0.2) is 71.9 Å². The predicted molar refractivity (Wildman–Crippen MR) is 163 cm³/mol. The first-order chi connectivity index (χ1) is 20.3. The normalized spacial score (nSPS) is 31.3. The zero-order valence-corrected chi connectivity index (χ0v) is 25.3.